The Bertz CT molecular complexity index is 1010. The number of H-pyrrole nitrogens is 1. The van der Waals surface area contributed by atoms with Gasteiger partial charge in [-0.15, -0.1) is 6.58 Å². The van der Waals surface area contributed by atoms with Crippen LogP contribution >= 0.6 is 11.8 Å². The molecular formula is C20H18FN3O2S. The van der Waals surface area contributed by atoms with Crippen molar-refractivity contribution in [2.24, 2.45) is 0 Å². The predicted molar refractivity (Wildman–Crippen MR) is 104 cm³/mol. The van der Waals surface area contributed by atoms with Gasteiger partial charge in [-0.3, -0.25) is 9.59 Å². The number of nitrogens with one attached hydrogen (secondary N) is 2. The van der Waals surface area contributed by atoms with Crippen molar-refractivity contribution >= 4 is 23.4 Å². The number of nitrogens with zero attached hydrogens (tertiary/aromatic N) is 1. The van der Waals surface area contributed by atoms with Crippen molar-refractivity contribution < 1.29 is 9.18 Å². The van der Waals surface area contributed by atoms with E-state index in [1.165, 1.54) is 23.9 Å². The number of benzene rings is 1. The molecule has 1 aromatic carbocycles. The Morgan fingerprint density at radius 1 is 1.26 bits per heavy atom. The molecule has 2 aromatic rings. The number of hydrogen-bond donors (Lipinski definition) is 2. The van der Waals surface area contributed by atoms with Crippen molar-refractivity contribution in [3.05, 3.63) is 75.5 Å². The highest BCUT2D eigenvalue weighted by Crippen LogP contribution is 2.43. The summed E-state index contributed by atoms with van der Waals surface area (Å²) in [6.07, 6.45) is 3.67. The number of rotatable bonds is 4. The van der Waals surface area contributed by atoms with Crippen LogP contribution in [0.4, 0.5) is 10.2 Å². The topological polar surface area (TPSA) is 74.8 Å². The van der Waals surface area contributed by atoms with Crippen LogP contribution in [0.2, 0.25) is 0 Å². The van der Waals surface area contributed by atoms with Gasteiger partial charge in [0.1, 0.15) is 11.6 Å². The second kappa shape index (κ2) is 7.15. The number of allylic oxidation sites excluding steroid dienone is 2. The Morgan fingerprint density at radius 2 is 2.04 bits per heavy atom. The van der Waals surface area contributed by atoms with Crippen molar-refractivity contribution in [2.75, 3.05) is 11.1 Å². The predicted octanol–water partition coefficient (Wildman–Crippen LogP) is 3.75. The summed E-state index contributed by atoms with van der Waals surface area (Å²) in [5.41, 5.74) is 2.22. The van der Waals surface area contributed by atoms with E-state index in [4.69, 9.17) is 0 Å². The number of fused-ring (bicyclic) bond motifs is 1. The third-order valence-corrected chi connectivity index (χ3v) is 5.65. The molecule has 1 atom stereocenters. The van der Waals surface area contributed by atoms with E-state index in [1.807, 2.05) is 0 Å². The van der Waals surface area contributed by atoms with Crippen LogP contribution in [0, 0.1) is 5.82 Å². The summed E-state index contributed by atoms with van der Waals surface area (Å²) in [6, 6.07) is 5.95. The first kappa shape index (κ1) is 17.7. The highest BCUT2D eigenvalue weighted by atomic mass is 32.2. The van der Waals surface area contributed by atoms with Crippen molar-refractivity contribution in [2.45, 2.75) is 30.3 Å². The molecular weight excluding hydrogens is 365 g/mol. The van der Waals surface area contributed by atoms with Crippen LogP contribution in [0.15, 0.2) is 58.1 Å². The van der Waals surface area contributed by atoms with Crippen LogP contribution in [0.25, 0.3) is 0 Å². The normalized spacial score (nSPS) is 18.6. The van der Waals surface area contributed by atoms with E-state index in [0.717, 1.165) is 18.5 Å². The minimum absolute atomic E-state index is 0.0215. The maximum Gasteiger partial charge on any atom is 0.257 e. The quantitative estimate of drug-likeness (QED) is 0.478. The number of aromatic nitrogens is 2. The number of halogens is 1. The molecule has 0 saturated carbocycles. The zero-order chi connectivity index (χ0) is 19.0. The van der Waals surface area contributed by atoms with Gasteiger partial charge in [-0.05, 0) is 30.5 Å². The first-order valence-electron chi connectivity index (χ1n) is 8.75. The van der Waals surface area contributed by atoms with Crippen LogP contribution in [0.5, 0.6) is 0 Å². The molecule has 0 radical (unpaired) electrons. The third-order valence-electron chi connectivity index (χ3n) is 4.78. The van der Waals surface area contributed by atoms with Crippen molar-refractivity contribution in [1.82, 2.24) is 9.97 Å². The fourth-order valence-corrected chi connectivity index (χ4v) is 4.23. The summed E-state index contributed by atoms with van der Waals surface area (Å²) in [5, 5.41) is 3.71. The molecule has 0 amide bonds. The summed E-state index contributed by atoms with van der Waals surface area (Å²) >= 11 is 1.38. The number of thioether (sulfide) groups is 1. The molecule has 1 aliphatic heterocycles. The van der Waals surface area contributed by atoms with E-state index in [-0.39, 0.29) is 17.2 Å². The maximum atomic E-state index is 13.4. The van der Waals surface area contributed by atoms with E-state index in [2.05, 4.69) is 21.9 Å². The molecule has 2 N–H and O–H groups in total. The lowest BCUT2D eigenvalue weighted by Gasteiger charge is -2.32. The van der Waals surface area contributed by atoms with Crippen molar-refractivity contribution in [3.8, 4) is 0 Å². The number of carbonyl (C=O) groups excluding carboxylic acids is 1. The molecule has 7 heteroatoms. The molecule has 1 aromatic heterocycles. The Hall–Kier alpha value is -2.67. The lowest BCUT2D eigenvalue weighted by Crippen LogP contribution is -2.32. The molecule has 1 aliphatic carbocycles. The van der Waals surface area contributed by atoms with Crippen molar-refractivity contribution in [1.29, 1.82) is 0 Å². The lowest BCUT2D eigenvalue weighted by molar-refractivity contribution is -0.116. The first-order valence-corrected chi connectivity index (χ1v) is 9.73. The third kappa shape index (κ3) is 3.23. The molecule has 0 bridgehead atoms. The van der Waals surface area contributed by atoms with Gasteiger partial charge in [0.05, 0.1) is 5.56 Å². The van der Waals surface area contributed by atoms with Gasteiger partial charge in [-0.2, -0.15) is 0 Å². The molecule has 0 unspecified atom stereocenters. The molecule has 4 rings (SSSR count). The van der Waals surface area contributed by atoms with Crippen molar-refractivity contribution in [3.63, 3.8) is 0 Å². The van der Waals surface area contributed by atoms with Gasteiger partial charge in [0.15, 0.2) is 10.9 Å². The lowest BCUT2D eigenvalue weighted by atomic mass is 9.76. The van der Waals surface area contributed by atoms with Gasteiger partial charge < -0.3 is 10.3 Å². The minimum Gasteiger partial charge on any atom is -0.343 e. The van der Waals surface area contributed by atoms with Crippen LogP contribution in [-0.4, -0.2) is 21.5 Å². The molecule has 0 fully saturated rings. The van der Waals surface area contributed by atoms with E-state index >= 15 is 0 Å². The Kier molecular flexibility index (Phi) is 4.70. The minimum atomic E-state index is -0.542. The van der Waals surface area contributed by atoms with E-state index in [9.17, 15) is 14.0 Å². The molecule has 138 valence electrons. The van der Waals surface area contributed by atoms with Gasteiger partial charge in [-0.25, -0.2) is 9.37 Å². The summed E-state index contributed by atoms with van der Waals surface area (Å²) < 4.78 is 13.4. The first-order chi connectivity index (χ1) is 13.1. The monoisotopic (exact) mass is 383 g/mol. The van der Waals surface area contributed by atoms with Crippen LogP contribution in [-0.2, 0) is 4.79 Å². The van der Waals surface area contributed by atoms with Crippen LogP contribution < -0.4 is 10.9 Å². The number of ketones is 1. The SMILES string of the molecule is C=CCSc1nc2c(c(=O)[nH]1)[C@H](c1ccc(F)cc1)C1=C(CCCC1=O)N2. The number of anilines is 1. The number of carbonyl (C=O) groups is 1. The molecule has 2 aliphatic rings. The van der Waals surface area contributed by atoms with Gasteiger partial charge in [-0.1, -0.05) is 30.0 Å². The zero-order valence-electron chi connectivity index (χ0n) is 14.5. The zero-order valence-corrected chi connectivity index (χ0v) is 15.4. The smallest absolute Gasteiger partial charge is 0.257 e. The van der Waals surface area contributed by atoms with Gasteiger partial charge in [0.25, 0.3) is 5.56 Å². The molecule has 2 heterocycles. The average Bonchev–Trinajstić information content (AvgIpc) is 2.65. The standard InChI is InChI=1S/C20H18FN3O2S/c1-2-10-27-20-23-18-17(19(26)24-20)15(11-6-8-12(21)9-7-11)16-13(22-18)4-3-5-14(16)25/h2,6-9,15H,1,3-5,10H2,(H2,22,23,24,26)/t15-/m1/s1. The summed E-state index contributed by atoms with van der Waals surface area (Å²) in [5.74, 6) is 0.205. The molecule has 0 spiro atoms. The summed E-state index contributed by atoms with van der Waals surface area (Å²) in [7, 11) is 0. The van der Waals surface area contributed by atoms with Crippen LogP contribution in [0.1, 0.15) is 36.3 Å². The van der Waals surface area contributed by atoms with E-state index in [1.54, 1.807) is 18.2 Å². The second-order valence-corrected chi connectivity index (χ2v) is 7.52. The maximum absolute atomic E-state index is 13.4. The number of Topliss-reactive ketones (excluding diaryl/α,β-unsaturated/α-hetero) is 1. The van der Waals surface area contributed by atoms with Gasteiger partial charge >= 0.3 is 0 Å². The Labute approximate surface area is 159 Å². The fraction of sp³-hybridized carbons (Fsp3) is 0.250. The van der Waals surface area contributed by atoms with E-state index < -0.39 is 5.92 Å². The fourth-order valence-electron chi connectivity index (χ4n) is 3.64. The van der Waals surface area contributed by atoms with Gasteiger partial charge in [0, 0.05) is 29.4 Å². The van der Waals surface area contributed by atoms with E-state index in [0.29, 0.717) is 39.8 Å². The number of hydrogen-bond acceptors (Lipinski definition) is 5. The van der Waals surface area contributed by atoms with Gasteiger partial charge in [0.2, 0.25) is 0 Å². The van der Waals surface area contributed by atoms with Crippen LogP contribution in [0.3, 0.4) is 0 Å². The Balaban J connectivity index is 1.90. The molecule has 5 nitrogen and oxygen atoms in total. The number of aromatic amines is 1. The average molecular weight is 383 g/mol. The largest absolute Gasteiger partial charge is 0.343 e. The molecule has 27 heavy (non-hydrogen) atoms. The highest BCUT2D eigenvalue weighted by Gasteiger charge is 2.37. The summed E-state index contributed by atoms with van der Waals surface area (Å²) in [4.78, 5) is 32.9. The molecule has 0 saturated heterocycles. The summed E-state index contributed by atoms with van der Waals surface area (Å²) in [6.45, 7) is 3.67. The second-order valence-electron chi connectivity index (χ2n) is 6.51. The Morgan fingerprint density at radius 3 is 2.78 bits per heavy atom. The highest BCUT2D eigenvalue weighted by molar-refractivity contribution is 7.99.